The lowest BCUT2D eigenvalue weighted by Gasteiger charge is -2.30. The number of nitrogens with zero attached hydrogens (tertiary/aromatic N) is 1. The van der Waals surface area contributed by atoms with Crippen molar-refractivity contribution in [3.05, 3.63) is 48.6 Å². The molecule has 0 aromatic heterocycles. The first kappa shape index (κ1) is 71.0. The lowest BCUT2D eigenvalue weighted by Crippen LogP contribution is -2.47. The molecule has 1 amide bonds. The van der Waals surface area contributed by atoms with E-state index >= 15 is 0 Å². The predicted molar refractivity (Wildman–Crippen MR) is 312 cm³/mol. The van der Waals surface area contributed by atoms with Crippen molar-refractivity contribution in [2.75, 3.05) is 40.9 Å². The van der Waals surface area contributed by atoms with Crippen LogP contribution in [0.3, 0.4) is 0 Å². The number of allylic oxidation sites excluding steroid dienone is 7. The molecule has 0 saturated carbocycles. The first-order valence-electron chi connectivity index (χ1n) is 30.9. The van der Waals surface area contributed by atoms with Gasteiger partial charge in [-0.2, -0.15) is 0 Å². The van der Waals surface area contributed by atoms with E-state index in [4.69, 9.17) is 13.8 Å². The van der Waals surface area contributed by atoms with Crippen molar-refractivity contribution < 1.29 is 37.3 Å². The maximum Gasteiger partial charge on any atom is 0.306 e. The van der Waals surface area contributed by atoms with E-state index in [-0.39, 0.29) is 31.5 Å². The molecular weight excluding hydrogens is 928 g/mol. The fourth-order valence-corrected chi connectivity index (χ4v) is 9.66. The third-order valence-corrected chi connectivity index (χ3v) is 14.7. The molecule has 0 radical (unpaired) electrons. The summed E-state index contributed by atoms with van der Waals surface area (Å²) in [7, 11) is 1.19. The molecule has 0 aliphatic carbocycles. The normalized spacial score (nSPS) is 14.0. The van der Waals surface area contributed by atoms with Crippen LogP contribution in [-0.2, 0) is 27.9 Å². The van der Waals surface area contributed by atoms with Crippen LogP contribution in [0.15, 0.2) is 48.6 Å². The summed E-state index contributed by atoms with van der Waals surface area (Å²) >= 11 is 0. The van der Waals surface area contributed by atoms with Gasteiger partial charge in [0.1, 0.15) is 19.3 Å². The van der Waals surface area contributed by atoms with Crippen LogP contribution in [-0.4, -0.2) is 69.4 Å². The van der Waals surface area contributed by atoms with E-state index in [1.54, 1.807) is 0 Å². The quantitative estimate of drug-likeness (QED) is 0.0212. The number of rotatable bonds is 56. The van der Waals surface area contributed by atoms with E-state index in [0.717, 1.165) is 83.5 Å². The number of hydrogen-bond acceptors (Lipinski definition) is 7. The highest BCUT2D eigenvalue weighted by atomic mass is 31.2. The number of amides is 1. The van der Waals surface area contributed by atoms with Crippen LogP contribution >= 0.6 is 7.82 Å². The summed E-state index contributed by atoms with van der Waals surface area (Å²) in [6.45, 7) is 6.83. The maximum absolute atomic E-state index is 13.5. The van der Waals surface area contributed by atoms with Gasteiger partial charge < -0.3 is 28.5 Å². The van der Waals surface area contributed by atoms with Gasteiger partial charge in [0, 0.05) is 12.8 Å². The molecule has 0 aliphatic heterocycles. The Kier molecular flexibility index (Phi) is 51.9. The van der Waals surface area contributed by atoms with Crippen molar-refractivity contribution >= 4 is 19.7 Å². The molecule has 428 valence electrons. The molecule has 1 N–H and O–H groups in total. The fourth-order valence-electron chi connectivity index (χ4n) is 8.94. The van der Waals surface area contributed by atoms with E-state index in [1.165, 1.54) is 173 Å². The minimum absolute atomic E-state index is 0.0224. The van der Waals surface area contributed by atoms with E-state index in [1.807, 2.05) is 33.3 Å². The average molecular weight is 1050 g/mol. The summed E-state index contributed by atoms with van der Waals surface area (Å²) in [5.74, 6) is -0.540. The third kappa shape index (κ3) is 54.6. The number of phosphoric acid groups is 1. The zero-order valence-electron chi connectivity index (χ0n) is 48.8. The highest BCUT2D eigenvalue weighted by Crippen LogP contribution is 2.38. The van der Waals surface area contributed by atoms with Crippen LogP contribution in [0.25, 0.3) is 0 Å². The van der Waals surface area contributed by atoms with Crippen LogP contribution in [0.5, 0.6) is 0 Å². The molecule has 0 aromatic rings. The lowest BCUT2D eigenvalue weighted by molar-refractivity contribution is -0.870. The molecule has 0 fully saturated rings. The van der Waals surface area contributed by atoms with Gasteiger partial charge >= 0.3 is 5.97 Å². The van der Waals surface area contributed by atoms with Crippen molar-refractivity contribution in [3.8, 4) is 0 Å². The maximum atomic E-state index is 13.5. The van der Waals surface area contributed by atoms with E-state index in [2.05, 4.69) is 62.5 Å². The molecule has 73 heavy (non-hydrogen) atoms. The minimum atomic E-state index is -4.70. The lowest BCUT2D eigenvalue weighted by atomic mass is 10.0. The molecule has 3 unspecified atom stereocenters. The Morgan fingerprint density at radius 2 is 0.836 bits per heavy atom. The Balaban J connectivity index is 5.25. The molecule has 0 bridgehead atoms. The van der Waals surface area contributed by atoms with E-state index in [0.29, 0.717) is 17.4 Å². The van der Waals surface area contributed by atoms with Crippen LogP contribution in [0, 0.1) is 0 Å². The Hall–Kier alpha value is -2.03. The number of phosphoric ester groups is 1. The zero-order chi connectivity index (χ0) is 53.6. The number of carbonyl (C=O) groups excluding carboxylic acids is 2. The number of unbranched alkanes of at least 4 members (excludes halogenated alkanes) is 34. The molecule has 0 heterocycles. The zero-order valence-corrected chi connectivity index (χ0v) is 49.7. The number of esters is 1. The van der Waals surface area contributed by atoms with Gasteiger partial charge in [-0.1, -0.05) is 256 Å². The van der Waals surface area contributed by atoms with Gasteiger partial charge in [0.05, 0.1) is 33.8 Å². The van der Waals surface area contributed by atoms with Gasteiger partial charge in [0.15, 0.2) is 0 Å². The summed E-state index contributed by atoms with van der Waals surface area (Å²) in [5.41, 5.74) is 0. The second kappa shape index (κ2) is 53.4. The number of quaternary nitrogens is 1. The summed E-state index contributed by atoms with van der Waals surface area (Å²) in [4.78, 5) is 39.9. The van der Waals surface area contributed by atoms with Crippen LogP contribution in [0.2, 0.25) is 0 Å². The monoisotopic (exact) mass is 1050 g/mol. The van der Waals surface area contributed by atoms with E-state index in [9.17, 15) is 19.0 Å². The first-order valence-corrected chi connectivity index (χ1v) is 32.4. The molecule has 10 heteroatoms. The third-order valence-electron chi connectivity index (χ3n) is 13.8. The smallest absolute Gasteiger partial charge is 0.306 e. The molecule has 0 spiro atoms. The highest BCUT2D eigenvalue weighted by Gasteiger charge is 2.27. The van der Waals surface area contributed by atoms with E-state index < -0.39 is 20.0 Å². The van der Waals surface area contributed by atoms with Gasteiger partial charge in [-0.05, 0) is 70.3 Å². The number of nitrogens with one attached hydrogen (secondary N) is 1. The molecule has 0 aromatic carbocycles. The number of carbonyl (C=O) groups is 2. The van der Waals surface area contributed by atoms with Crippen molar-refractivity contribution in [1.82, 2.24) is 5.32 Å². The van der Waals surface area contributed by atoms with Crippen molar-refractivity contribution in [1.29, 1.82) is 0 Å². The Morgan fingerprint density at radius 3 is 1.27 bits per heavy atom. The van der Waals surface area contributed by atoms with Crippen LogP contribution in [0.4, 0.5) is 0 Å². The molecular formula is C63H119N2O7P. The number of likely N-dealkylation sites (N-methyl/N-ethyl adjacent to an activating group) is 1. The van der Waals surface area contributed by atoms with Gasteiger partial charge in [-0.3, -0.25) is 14.2 Å². The topological polar surface area (TPSA) is 114 Å². The molecule has 0 aliphatic rings. The predicted octanol–water partition coefficient (Wildman–Crippen LogP) is 18.3. The summed E-state index contributed by atoms with van der Waals surface area (Å²) in [5, 5.41) is 3.03. The fraction of sp³-hybridized carbons (Fsp3) is 0.841. The van der Waals surface area contributed by atoms with Gasteiger partial charge in [0.25, 0.3) is 7.82 Å². The summed E-state index contributed by atoms with van der Waals surface area (Å²) < 4.78 is 30.3. The van der Waals surface area contributed by atoms with Gasteiger partial charge in [0.2, 0.25) is 5.91 Å². The van der Waals surface area contributed by atoms with Crippen molar-refractivity contribution in [3.63, 3.8) is 0 Å². The molecule has 0 saturated heterocycles. The van der Waals surface area contributed by atoms with Crippen molar-refractivity contribution in [2.45, 2.75) is 303 Å². The average Bonchev–Trinajstić information content (AvgIpc) is 3.35. The molecule has 9 nitrogen and oxygen atoms in total. The van der Waals surface area contributed by atoms with Crippen LogP contribution in [0.1, 0.15) is 290 Å². The second-order valence-electron chi connectivity index (χ2n) is 22.2. The SMILES string of the molecule is CCCCC/C=C\C/C=C\C/C=C\CCCCCCCCCCC(=O)OC(/C=C/CCCCCCCCCCCCC)C(COP(=O)([O-])OCC[N+](C)(C)C)NC(=O)CCCCCCCCCCCCCCC. The van der Waals surface area contributed by atoms with Gasteiger partial charge in [-0.15, -0.1) is 0 Å². The molecule has 0 rings (SSSR count). The second-order valence-corrected chi connectivity index (χ2v) is 23.6. The van der Waals surface area contributed by atoms with Crippen molar-refractivity contribution in [2.24, 2.45) is 0 Å². The highest BCUT2D eigenvalue weighted by molar-refractivity contribution is 7.45. The Bertz CT molecular complexity index is 1390. The number of hydrogen-bond donors (Lipinski definition) is 1. The number of ether oxygens (including phenoxy) is 1. The first-order chi connectivity index (χ1) is 35.4. The standard InChI is InChI=1S/C63H119N2O7P/c1-7-10-13-16-19-22-25-28-29-30-31-32-33-34-35-38-41-44-47-50-53-56-63(67)72-61(54-51-48-45-42-39-36-26-23-20-17-14-11-8-2)60(59-71-73(68,69)70-58-57-65(4,5)6)64-62(66)55-52-49-46-43-40-37-27-24-21-18-15-12-9-3/h19,22,28-29,31-32,51,54,60-61H,7-18,20-21,23-27,30,33-50,52-53,55-59H2,1-6H3,(H-,64,66,68,69)/b22-19-,29-28-,32-31-,54-51+. The Labute approximate surface area is 452 Å². The largest absolute Gasteiger partial charge is 0.756 e. The minimum Gasteiger partial charge on any atom is -0.756 e. The Morgan fingerprint density at radius 1 is 0.479 bits per heavy atom. The summed E-state index contributed by atoms with van der Waals surface area (Å²) in [6.07, 6.45) is 64.9. The van der Waals surface area contributed by atoms with Gasteiger partial charge in [-0.25, -0.2) is 0 Å². The van der Waals surface area contributed by atoms with Crippen LogP contribution < -0.4 is 10.2 Å². The summed E-state index contributed by atoms with van der Waals surface area (Å²) in [6, 6.07) is -0.888. The molecule has 3 atom stereocenters.